The number of morpholine rings is 1. The Morgan fingerprint density at radius 3 is 2.12 bits per heavy atom. The van der Waals surface area contributed by atoms with Crippen molar-refractivity contribution in [2.45, 2.75) is 45.3 Å². The Balaban J connectivity index is 1.20. The lowest BCUT2D eigenvalue weighted by Crippen LogP contribution is -2.58. The smallest absolute Gasteiger partial charge is 0.282 e. The number of ether oxygens (including phenoxy) is 1. The first-order chi connectivity index (χ1) is 15.8. The highest BCUT2D eigenvalue weighted by atomic mass is 32.2. The Labute approximate surface area is 198 Å². The maximum atomic E-state index is 13.1. The van der Waals surface area contributed by atoms with Crippen LogP contribution < -0.4 is 0 Å². The minimum Gasteiger partial charge on any atom is -0.373 e. The van der Waals surface area contributed by atoms with Crippen LogP contribution in [-0.4, -0.2) is 104 Å². The molecule has 3 aliphatic heterocycles. The van der Waals surface area contributed by atoms with Gasteiger partial charge >= 0.3 is 0 Å². The maximum Gasteiger partial charge on any atom is 0.282 e. The Morgan fingerprint density at radius 1 is 0.909 bits per heavy atom. The van der Waals surface area contributed by atoms with Crippen molar-refractivity contribution in [3.8, 4) is 0 Å². The van der Waals surface area contributed by atoms with Gasteiger partial charge in [0.1, 0.15) is 0 Å². The highest BCUT2D eigenvalue weighted by molar-refractivity contribution is 7.86. The Bertz CT molecular complexity index is 871. The molecule has 0 aromatic heterocycles. The molecule has 8 nitrogen and oxygen atoms in total. The number of nitrogens with zero attached hydrogens (tertiary/aromatic N) is 4. The molecule has 9 heteroatoms. The molecule has 3 fully saturated rings. The van der Waals surface area contributed by atoms with Crippen molar-refractivity contribution in [3.63, 3.8) is 0 Å². The highest BCUT2D eigenvalue weighted by Crippen LogP contribution is 2.22. The second-order valence-electron chi connectivity index (χ2n) is 9.77. The number of likely N-dealkylation sites (tertiary alicyclic amines) is 1. The predicted molar refractivity (Wildman–Crippen MR) is 128 cm³/mol. The van der Waals surface area contributed by atoms with Crippen molar-refractivity contribution >= 4 is 16.1 Å². The first kappa shape index (κ1) is 24.6. The Morgan fingerprint density at radius 2 is 1.52 bits per heavy atom. The molecule has 3 saturated heterocycles. The van der Waals surface area contributed by atoms with Gasteiger partial charge in [-0.2, -0.15) is 17.0 Å². The predicted octanol–water partition coefficient (Wildman–Crippen LogP) is 1.44. The first-order valence-corrected chi connectivity index (χ1v) is 13.7. The van der Waals surface area contributed by atoms with E-state index in [0.717, 1.165) is 32.4 Å². The molecule has 2 unspecified atom stereocenters. The van der Waals surface area contributed by atoms with Crippen LogP contribution in [0.3, 0.4) is 0 Å². The number of benzene rings is 1. The van der Waals surface area contributed by atoms with Crippen LogP contribution in [0.2, 0.25) is 0 Å². The number of carbonyl (C=O) groups is 1. The van der Waals surface area contributed by atoms with E-state index in [0.29, 0.717) is 51.7 Å². The molecule has 4 rings (SSSR count). The summed E-state index contributed by atoms with van der Waals surface area (Å²) in [6.45, 7) is 8.65. The molecule has 0 N–H and O–H groups in total. The van der Waals surface area contributed by atoms with E-state index in [1.54, 1.807) is 8.61 Å². The molecule has 2 atom stereocenters. The lowest BCUT2D eigenvalue weighted by molar-refractivity contribution is -0.134. The van der Waals surface area contributed by atoms with E-state index >= 15 is 0 Å². The maximum absolute atomic E-state index is 13.1. The summed E-state index contributed by atoms with van der Waals surface area (Å²) in [5.74, 6) is 0.802. The second kappa shape index (κ2) is 10.8. The number of rotatable bonds is 6. The number of piperidine rings is 1. The fraction of sp³-hybridized carbons (Fsp3) is 0.708. The average Bonchev–Trinajstić information content (AvgIpc) is 2.80. The molecular formula is C24H38N4O4S. The van der Waals surface area contributed by atoms with Crippen LogP contribution in [0, 0.1) is 5.92 Å². The topological polar surface area (TPSA) is 73.4 Å². The van der Waals surface area contributed by atoms with Crippen LogP contribution in [0.5, 0.6) is 0 Å². The van der Waals surface area contributed by atoms with E-state index in [-0.39, 0.29) is 18.1 Å². The van der Waals surface area contributed by atoms with E-state index in [1.807, 2.05) is 24.8 Å². The van der Waals surface area contributed by atoms with Gasteiger partial charge in [0, 0.05) is 52.4 Å². The third kappa shape index (κ3) is 6.33. The largest absolute Gasteiger partial charge is 0.373 e. The first-order valence-electron chi connectivity index (χ1n) is 12.3. The van der Waals surface area contributed by atoms with Gasteiger partial charge in [0.15, 0.2) is 0 Å². The van der Waals surface area contributed by atoms with Crippen molar-refractivity contribution in [2.75, 3.05) is 58.9 Å². The van der Waals surface area contributed by atoms with Gasteiger partial charge in [-0.1, -0.05) is 30.3 Å². The van der Waals surface area contributed by atoms with Gasteiger partial charge in [0.2, 0.25) is 5.91 Å². The van der Waals surface area contributed by atoms with Gasteiger partial charge in [-0.3, -0.25) is 9.69 Å². The lowest BCUT2D eigenvalue weighted by Gasteiger charge is -2.40. The third-order valence-corrected chi connectivity index (χ3v) is 9.03. The normalized spacial score (nSPS) is 27.0. The highest BCUT2D eigenvalue weighted by Gasteiger charge is 2.37. The quantitative estimate of drug-likeness (QED) is 0.619. The summed E-state index contributed by atoms with van der Waals surface area (Å²) in [5, 5.41) is 0. The molecule has 1 aromatic carbocycles. The van der Waals surface area contributed by atoms with Crippen molar-refractivity contribution in [3.05, 3.63) is 35.9 Å². The third-order valence-electron chi connectivity index (χ3n) is 7.06. The fourth-order valence-corrected chi connectivity index (χ4v) is 6.97. The molecule has 3 aliphatic rings. The summed E-state index contributed by atoms with van der Waals surface area (Å²) in [6.07, 6.45) is 2.98. The summed E-state index contributed by atoms with van der Waals surface area (Å²) in [7, 11) is -3.49. The van der Waals surface area contributed by atoms with Crippen LogP contribution in [0.4, 0.5) is 0 Å². The SMILES string of the molecule is CC1CN(S(=O)(=O)N2CCN(CC(=O)N3CCC(Cc4ccccc4)CC3)CC2)CC(C)O1. The van der Waals surface area contributed by atoms with Crippen LogP contribution >= 0.6 is 0 Å². The van der Waals surface area contributed by atoms with E-state index in [2.05, 4.69) is 29.2 Å². The zero-order valence-electron chi connectivity index (χ0n) is 19.9. The Kier molecular flexibility index (Phi) is 8.07. The van der Waals surface area contributed by atoms with Crippen molar-refractivity contribution in [1.29, 1.82) is 0 Å². The number of hydrogen-bond acceptors (Lipinski definition) is 5. The molecule has 0 radical (unpaired) electrons. The van der Waals surface area contributed by atoms with E-state index in [9.17, 15) is 13.2 Å². The van der Waals surface area contributed by atoms with Crippen molar-refractivity contribution in [2.24, 2.45) is 5.92 Å². The molecule has 33 heavy (non-hydrogen) atoms. The summed E-state index contributed by atoms with van der Waals surface area (Å²) in [4.78, 5) is 16.9. The summed E-state index contributed by atoms with van der Waals surface area (Å²) < 4.78 is 34.9. The monoisotopic (exact) mass is 478 g/mol. The van der Waals surface area contributed by atoms with Crippen LogP contribution in [-0.2, 0) is 26.2 Å². The standard InChI is InChI=1S/C24H38N4O4S/c1-20-17-28(18-21(2)32-20)33(30,31)27-14-12-25(13-15-27)19-24(29)26-10-8-23(9-11-26)16-22-6-4-3-5-7-22/h3-7,20-21,23H,8-19H2,1-2H3. The second-order valence-corrected chi connectivity index (χ2v) is 11.7. The summed E-state index contributed by atoms with van der Waals surface area (Å²) in [5.41, 5.74) is 1.37. The zero-order chi connectivity index (χ0) is 23.4. The molecule has 0 saturated carbocycles. The van der Waals surface area contributed by atoms with Crippen LogP contribution in [0.1, 0.15) is 32.3 Å². The van der Waals surface area contributed by atoms with E-state index in [1.165, 1.54) is 5.56 Å². The van der Waals surface area contributed by atoms with E-state index in [4.69, 9.17) is 4.74 Å². The van der Waals surface area contributed by atoms with Gasteiger partial charge in [0.25, 0.3) is 10.2 Å². The van der Waals surface area contributed by atoms with Crippen LogP contribution in [0.15, 0.2) is 30.3 Å². The minimum atomic E-state index is -3.49. The number of amides is 1. The molecule has 0 spiro atoms. The molecule has 0 aliphatic carbocycles. The fourth-order valence-electron chi connectivity index (χ4n) is 5.23. The number of hydrogen-bond donors (Lipinski definition) is 0. The molecule has 0 bridgehead atoms. The number of piperazine rings is 1. The molecule has 3 heterocycles. The van der Waals surface area contributed by atoms with Crippen molar-refractivity contribution in [1.82, 2.24) is 18.4 Å². The van der Waals surface area contributed by atoms with Gasteiger partial charge in [-0.15, -0.1) is 0 Å². The summed E-state index contributed by atoms with van der Waals surface area (Å²) in [6, 6.07) is 10.6. The molecule has 1 amide bonds. The minimum absolute atomic E-state index is 0.0979. The van der Waals surface area contributed by atoms with Gasteiger partial charge < -0.3 is 9.64 Å². The van der Waals surface area contributed by atoms with Gasteiger partial charge in [-0.05, 0) is 44.6 Å². The van der Waals surface area contributed by atoms with Crippen LogP contribution in [0.25, 0.3) is 0 Å². The molecule has 184 valence electrons. The van der Waals surface area contributed by atoms with Gasteiger partial charge in [0.05, 0.1) is 18.8 Å². The molecule has 1 aromatic rings. The lowest BCUT2D eigenvalue weighted by atomic mass is 9.90. The van der Waals surface area contributed by atoms with Gasteiger partial charge in [-0.25, -0.2) is 0 Å². The van der Waals surface area contributed by atoms with E-state index < -0.39 is 10.2 Å². The summed E-state index contributed by atoms with van der Waals surface area (Å²) >= 11 is 0. The Hall–Kier alpha value is -1.52. The molecular weight excluding hydrogens is 440 g/mol. The average molecular weight is 479 g/mol. The number of carbonyl (C=O) groups excluding carboxylic acids is 1. The van der Waals surface area contributed by atoms with Crippen molar-refractivity contribution < 1.29 is 17.9 Å². The zero-order valence-corrected chi connectivity index (χ0v) is 20.8.